The van der Waals surface area contributed by atoms with E-state index in [1.54, 1.807) is 0 Å². The molecule has 0 aliphatic heterocycles. The van der Waals surface area contributed by atoms with Crippen molar-refractivity contribution in [3.05, 3.63) is 234 Å². The van der Waals surface area contributed by atoms with Crippen LogP contribution < -0.4 is 4.90 Å². The van der Waals surface area contributed by atoms with Crippen LogP contribution in [0.1, 0.15) is 36.8 Å². The lowest BCUT2D eigenvalue weighted by atomic mass is 9.83. The van der Waals surface area contributed by atoms with E-state index in [0.29, 0.717) is 11.8 Å². The molecule has 2 unspecified atom stereocenters. The lowest BCUT2D eigenvalue weighted by Crippen LogP contribution is -2.13. The minimum Gasteiger partial charge on any atom is -0.310 e. The van der Waals surface area contributed by atoms with E-state index < -0.39 is 0 Å². The third-order valence-corrected chi connectivity index (χ3v) is 14.9. The van der Waals surface area contributed by atoms with Crippen molar-refractivity contribution in [2.75, 3.05) is 4.90 Å². The van der Waals surface area contributed by atoms with Crippen molar-refractivity contribution < 1.29 is 0 Å². The maximum Gasteiger partial charge on any atom is 0.0542 e. The van der Waals surface area contributed by atoms with Gasteiger partial charge in [-0.25, -0.2) is 0 Å². The first kappa shape index (κ1) is 36.5. The Morgan fingerprint density at radius 3 is 2.14 bits per heavy atom. The van der Waals surface area contributed by atoms with E-state index in [2.05, 4.69) is 216 Å². The van der Waals surface area contributed by atoms with Crippen molar-refractivity contribution in [3.63, 3.8) is 0 Å². The molecule has 0 N–H and O–H groups in total. The number of benzene rings is 6. The quantitative estimate of drug-likeness (QED) is 0.162. The Balaban J connectivity index is 1.05. The van der Waals surface area contributed by atoms with Crippen LogP contribution in [0.15, 0.2) is 223 Å². The molecule has 2 aromatic heterocycles. The molecule has 0 radical (unpaired) electrons. The first-order chi connectivity index (χ1) is 31.2. The number of hydrogen-bond donors (Lipinski definition) is 0. The molecule has 0 spiro atoms. The number of aromatic nitrogens is 1. The number of para-hydroxylation sites is 1. The molecule has 0 fully saturated rings. The van der Waals surface area contributed by atoms with Crippen molar-refractivity contribution in [2.45, 2.75) is 25.7 Å². The van der Waals surface area contributed by atoms with Crippen molar-refractivity contribution in [1.29, 1.82) is 0 Å². The molecule has 5 aliphatic carbocycles. The van der Waals surface area contributed by atoms with Crippen LogP contribution in [0.4, 0.5) is 17.1 Å². The summed E-state index contributed by atoms with van der Waals surface area (Å²) >= 11 is 1.87. The van der Waals surface area contributed by atoms with Crippen LogP contribution >= 0.6 is 11.3 Å². The van der Waals surface area contributed by atoms with Crippen molar-refractivity contribution in [1.82, 2.24) is 4.57 Å². The second-order valence-electron chi connectivity index (χ2n) is 17.4. The highest BCUT2D eigenvalue weighted by atomic mass is 32.1. The SMILES string of the molecule is C1=CCCC(/C(C2=CCCC=C2)=C2/c3ccccc3-c3ccc(N(c4ccc5sc6ccccc6c5c4)c4ccc5c(c4)c4ccccc4n5C4=CC5C=CC=CC5C=C4)cc32)=C1. The van der Waals surface area contributed by atoms with Gasteiger partial charge >= 0.3 is 0 Å². The lowest BCUT2D eigenvalue weighted by molar-refractivity contribution is 0.659. The number of hydrogen-bond acceptors (Lipinski definition) is 2. The summed E-state index contributed by atoms with van der Waals surface area (Å²) in [6.07, 6.45) is 34.5. The van der Waals surface area contributed by atoms with Gasteiger partial charge in [0.05, 0.1) is 11.0 Å². The average Bonchev–Trinajstić information content (AvgIpc) is 4.00. The molecule has 63 heavy (non-hydrogen) atoms. The number of allylic oxidation sites excluding steroid dienone is 17. The Kier molecular flexibility index (Phi) is 8.52. The normalized spacial score (nSPS) is 19.3. The summed E-state index contributed by atoms with van der Waals surface area (Å²) in [6.45, 7) is 0. The van der Waals surface area contributed by atoms with Gasteiger partial charge in [0.15, 0.2) is 0 Å². The van der Waals surface area contributed by atoms with Crippen LogP contribution in [0, 0.1) is 11.8 Å². The van der Waals surface area contributed by atoms with Gasteiger partial charge in [0, 0.05) is 65.5 Å². The fraction of sp³-hybridized carbons (Fsp3) is 0.100. The molecular weight excluding hydrogens is 781 g/mol. The standard InChI is InChI=1S/C60H44N2S/c1-3-16-40(17-4-1)59(41-18-5-2-6-19-41)60-51-24-10-9-21-47(51)48-32-29-44(38-54(48)60)61(46-31-34-58-53(37-46)50-23-12-14-26-57(50)63-58)45-30-33-56-52(36-45)49-22-11-13-25-55(49)62(56)43-28-27-39-15-7-8-20-42(39)35-43/h1,3,5,7-16,18-39,42H,2,4,6,17H2/b60-59+. The predicted molar refractivity (Wildman–Crippen MR) is 270 cm³/mol. The molecule has 5 aliphatic rings. The molecule has 0 amide bonds. The van der Waals surface area contributed by atoms with E-state index in [1.165, 1.54) is 92.2 Å². The van der Waals surface area contributed by atoms with Crippen LogP contribution in [-0.4, -0.2) is 4.57 Å². The molecule has 3 heteroatoms. The molecule has 0 saturated carbocycles. The molecule has 2 heterocycles. The summed E-state index contributed by atoms with van der Waals surface area (Å²) < 4.78 is 5.09. The molecule has 8 aromatic rings. The molecule has 6 aromatic carbocycles. The maximum absolute atomic E-state index is 2.50. The third-order valence-electron chi connectivity index (χ3n) is 13.8. The van der Waals surface area contributed by atoms with Crippen molar-refractivity contribution in [2.24, 2.45) is 11.8 Å². The van der Waals surface area contributed by atoms with Gasteiger partial charge in [-0.2, -0.15) is 0 Å². The van der Waals surface area contributed by atoms with E-state index in [-0.39, 0.29) is 0 Å². The van der Waals surface area contributed by atoms with E-state index in [1.807, 2.05) is 11.3 Å². The van der Waals surface area contributed by atoms with Crippen molar-refractivity contribution in [3.8, 4) is 11.1 Å². The Morgan fingerprint density at radius 2 is 1.27 bits per heavy atom. The highest BCUT2D eigenvalue weighted by Gasteiger charge is 2.30. The van der Waals surface area contributed by atoms with Gasteiger partial charge < -0.3 is 9.47 Å². The number of thiophene rings is 1. The average molecular weight is 825 g/mol. The van der Waals surface area contributed by atoms with Gasteiger partial charge in [0.25, 0.3) is 0 Å². The van der Waals surface area contributed by atoms with Crippen LogP contribution in [0.25, 0.3) is 64.4 Å². The first-order valence-corrected chi connectivity index (χ1v) is 23.3. The highest BCUT2D eigenvalue weighted by Crippen LogP contribution is 2.52. The second-order valence-corrected chi connectivity index (χ2v) is 18.5. The predicted octanol–water partition coefficient (Wildman–Crippen LogP) is 16.7. The monoisotopic (exact) mass is 824 g/mol. The Hall–Kier alpha value is -7.20. The zero-order chi connectivity index (χ0) is 41.4. The number of nitrogens with zero attached hydrogens (tertiary/aromatic N) is 2. The minimum absolute atomic E-state index is 0.353. The molecule has 0 saturated heterocycles. The summed E-state index contributed by atoms with van der Waals surface area (Å²) in [4.78, 5) is 2.50. The summed E-state index contributed by atoms with van der Waals surface area (Å²) in [7, 11) is 0. The molecule has 0 bridgehead atoms. The highest BCUT2D eigenvalue weighted by molar-refractivity contribution is 7.25. The van der Waals surface area contributed by atoms with Gasteiger partial charge in [0.1, 0.15) is 0 Å². The topological polar surface area (TPSA) is 8.17 Å². The van der Waals surface area contributed by atoms with E-state index in [0.717, 1.165) is 42.7 Å². The minimum atomic E-state index is 0.353. The van der Waals surface area contributed by atoms with Gasteiger partial charge in [-0.05, 0) is 137 Å². The number of anilines is 3. The largest absolute Gasteiger partial charge is 0.310 e. The van der Waals surface area contributed by atoms with Gasteiger partial charge in [-0.3, -0.25) is 0 Å². The Bertz CT molecular complexity index is 3530. The maximum atomic E-state index is 2.50. The van der Waals surface area contributed by atoms with Crippen LogP contribution in [0.2, 0.25) is 0 Å². The molecule has 13 rings (SSSR count). The first-order valence-electron chi connectivity index (χ1n) is 22.5. The summed E-state index contributed by atoms with van der Waals surface area (Å²) in [5.41, 5.74) is 17.8. The lowest BCUT2D eigenvalue weighted by Gasteiger charge is -2.27. The second kappa shape index (κ2) is 14.7. The van der Waals surface area contributed by atoms with Crippen LogP contribution in [0.5, 0.6) is 0 Å². The third kappa shape index (κ3) is 5.91. The van der Waals surface area contributed by atoms with E-state index in [9.17, 15) is 0 Å². The smallest absolute Gasteiger partial charge is 0.0542 e. The summed E-state index contributed by atoms with van der Waals surface area (Å²) in [5, 5.41) is 5.10. The van der Waals surface area contributed by atoms with Gasteiger partial charge in [-0.15, -0.1) is 11.3 Å². The molecule has 300 valence electrons. The molecular formula is C60H44N2S. The molecule has 2 atom stereocenters. The van der Waals surface area contributed by atoms with Crippen LogP contribution in [0.3, 0.4) is 0 Å². The van der Waals surface area contributed by atoms with Gasteiger partial charge in [-0.1, -0.05) is 140 Å². The number of fused-ring (bicyclic) bond motifs is 10. The Morgan fingerprint density at radius 1 is 0.540 bits per heavy atom. The van der Waals surface area contributed by atoms with E-state index >= 15 is 0 Å². The zero-order valence-corrected chi connectivity index (χ0v) is 35.7. The van der Waals surface area contributed by atoms with E-state index in [4.69, 9.17) is 0 Å². The zero-order valence-electron chi connectivity index (χ0n) is 34.9. The Labute approximate surface area is 372 Å². The van der Waals surface area contributed by atoms with Crippen molar-refractivity contribution >= 4 is 81.6 Å². The van der Waals surface area contributed by atoms with Crippen LogP contribution in [-0.2, 0) is 0 Å². The van der Waals surface area contributed by atoms with Gasteiger partial charge in [0.2, 0.25) is 0 Å². The fourth-order valence-corrected chi connectivity index (χ4v) is 11.9. The number of rotatable bonds is 6. The fourth-order valence-electron chi connectivity index (χ4n) is 10.9. The summed E-state index contributed by atoms with van der Waals surface area (Å²) in [5.74, 6) is 0.758. The summed E-state index contributed by atoms with van der Waals surface area (Å²) in [6, 6.07) is 48.2. The molecule has 2 nitrogen and oxygen atoms in total.